The standard InChI is InChI=1S/C30H25N5O3/c1-16-19(8-6-10-24(16)35-15-32-23-9-5-4-7-21(23)29(35)37)26-25-20-12-11-18(30(2,3)38)13-17(20)14-22(25)27(28(31)36)34-33-26/h4-13,15,38H,14H2,1-3H3,(H2,31,36). The zero-order valence-corrected chi connectivity index (χ0v) is 21.2. The van der Waals surface area contributed by atoms with Crippen LogP contribution in [0.1, 0.15) is 46.6 Å². The van der Waals surface area contributed by atoms with Crippen LogP contribution in [0.2, 0.25) is 0 Å². The zero-order chi connectivity index (χ0) is 26.8. The third-order valence-electron chi connectivity index (χ3n) is 7.24. The number of hydrogen-bond acceptors (Lipinski definition) is 6. The van der Waals surface area contributed by atoms with E-state index in [1.165, 1.54) is 10.9 Å². The van der Waals surface area contributed by atoms with Gasteiger partial charge < -0.3 is 10.8 Å². The quantitative estimate of drug-likeness (QED) is 0.374. The van der Waals surface area contributed by atoms with Crippen molar-refractivity contribution in [2.45, 2.75) is 32.8 Å². The van der Waals surface area contributed by atoms with Gasteiger partial charge in [-0.25, -0.2) is 4.98 Å². The number of benzene rings is 3. The molecule has 3 N–H and O–H groups in total. The number of nitrogens with two attached hydrogens (primary N) is 1. The molecule has 0 spiro atoms. The summed E-state index contributed by atoms with van der Waals surface area (Å²) < 4.78 is 1.54. The number of carbonyl (C=O) groups is 1. The van der Waals surface area contributed by atoms with E-state index in [-0.39, 0.29) is 11.3 Å². The summed E-state index contributed by atoms with van der Waals surface area (Å²) in [5, 5.41) is 19.8. The molecular weight excluding hydrogens is 478 g/mol. The molecule has 1 aliphatic rings. The molecule has 38 heavy (non-hydrogen) atoms. The van der Waals surface area contributed by atoms with Crippen LogP contribution in [0.15, 0.2) is 71.8 Å². The minimum Gasteiger partial charge on any atom is -0.386 e. The van der Waals surface area contributed by atoms with Crippen LogP contribution in [0, 0.1) is 6.92 Å². The van der Waals surface area contributed by atoms with Gasteiger partial charge in [-0.2, -0.15) is 0 Å². The van der Waals surface area contributed by atoms with Crippen LogP contribution in [0.25, 0.3) is 39.0 Å². The first-order valence-corrected chi connectivity index (χ1v) is 12.3. The fourth-order valence-electron chi connectivity index (χ4n) is 5.26. The molecule has 0 aliphatic heterocycles. The molecule has 0 atom stereocenters. The Morgan fingerprint density at radius 1 is 1.03 bits per heavy atom. The molecule has 0 bridgehead atoms. The van der Waals surface area contributed by atoms with Gasteiger partial charge in [-0.15, -0.1) is 10.2 Å². The summed E-state index contributed by atoms with van der Waals surface area (Å²) in [6, 6.07) is 18.7. The van der Waals surface area contributed by atoms with E-state index in [4.69, 9.17) is 5.73 Å². The molecule has 1 aliphatic carbocycles. The molecule has 6 rings (SSSR count). The normalized spacial score (nSPS) is 12.4. The summed E-state index contributed by atoms with van der Waals surface area (Å²) in [6.07, 6.45) is 1.98. The fraction of sp³-hybridized carbons (Fsp3) is 0.167. The van der Waals surface area contributed by atoms with Crippen LogP contribution in [0.3, 0.4) is 0 Å². The fourth-order valence-corrected chi connectivity index (χ4v) is 5.26. The smallest absolute Gasteiger partial charge is 0.269 e. The van der Waals surface area contributed by atoms with Crippen LogP contribution >= 0.6 is 0 Å². The van der Waals surface area contributed by atoms with Gasteiger partial charge in [0.2, 0.25) is 0 Å². The molecule has 188 valence electrons. The molecule has 0 unspecified atom stereocenters. The predicted octanol–water partition coefficient (Wildman–Crippen LogP) is 4.05. The molecule has 2 aromatic heterocycles. The highest BCUT2D eigenvalue weighted by atomic mass is 16.3. The monoisotopic (exact) mass is 503 g/mol. The van der Waals surface area contributed by atoms with Crippen LogP contribution in [0.4, 0.5) is 0 Å². The van der Waals surface area contributed by atoms with Crippen LogP contribution < -0.4 is 11.3 Å². The number of amides is 1. The Hall–Kier alpha value is -4.69. The van der Waals surface area contributed by atoms with Crippen LogP contribution in [0.5, 0.6) is 0 Å². The van der Waals surface area contributed by atoms with Crippen LogP contribution in [-0.2, 0) is 12.0 Å². The number of nitrogens with zero attached hydrogens (tertiary/aromatic N) is 4. The number of carbonyl (C=O) groups excluding carboxylic acids is 1. The third-order valence-corrected chi connectivity index (χ3v) is 7.24. The second-order valence-corrected chi connectivity index (χ2v) is 10.1. The van der Waals surface area contributed by atoms with E-state index in [2.05, 4.69) is 15.2 Å². The molecule has 1 amide bonds. The van der Waals surface area contributed by atoms with Gasteiger partial charge >= 0.3 is 0 Å². The van der Waals surface area contributed by atoms with Gasteiger partial charge in [-0.3, -0.25) is 14.2 Å². The molecule has 8 nitrogen and oxygen atoms in total. The third kappa shape index (κ3) is 3.61. The Balaban J connectivity index is 1.58. The van der Waals surface area contributed by atoms with E-state index < -0.39 is 11.5 Å². The van der Waals surface area contributed by atoms with E-state index in [1.54, 1.807) is 19.9 Å². The number of hydrogen-bond donors (Lipinski definition) is 2. The van der Waals surface area contributed by atoms with Crippen molar-refractivity contribution in [1.29, 1.82) is 0 Å². The van der Waals surface area contributed by atoms with Crippen molar-refractivity contribution in [3.63, 3.8) is 0 Å². The second-order valence-electron chi connectivity index (χ2n) is 10.1. The molecule has 8 heteroatoms. The van der Waals surface area contributed by atoms with Crippen molar-refractivity contribution in [3.8, 4) is 28.1 Å². The van der Waals surface area contributed by atoms with Gasteiger partial charge in [0, 0.05) is 17.5 Å². The van der Waals surface area contributed by atoms with Crippen LogP contribution in [-0.4, -0.2) is 30.8 Å². The first kappa shape index (κ1) is 23.7. The minimum absolute atomic E-state index is 0.133. The van der Waals surface area contributed by atoms with E-state index in [9.17, 15) is 14.7 Å². The molecule has 5 aromatic rings. The van der Waals surface area contributed by atoms with Crippen molar-refractivity contribution >= 4 is 16.8 Å². The lowest BCUT2D eigenvalue weighted by molar-refractivity contribution is 0.0785. The second kappa shape index (κ2) is 8.43. The first-order valence-electron chi connectivity index (χ1n) is 12.3. The summed E-state index contributed by atoms with van der Waals surface area (Å²) >= 11 is 0. The lowest BCUT2D eigenvalue weighted by Crippen LogP contribution is -2.20. The number of aromatic nitrogens is 4. The lowest BCUT2D eigenvalue weighted by Gasteiger charge is -2.19. The summed E-state index contributed by atoms with van der Waals surface area (Å²) in [6.45, 7) is 5.40. The van der Waals surface area contributed by atoms with Crippen molar-refractivity contribution in [3.05, 3.63) is 105 Å². The number of para-hydroxylation sites is 1. The Morgan fingerprint density at radius 2 is 1.82 bits per heavy atom. The largest absolute Gasteiger partial charge is 0.386 e. The molecule has 0 fully saturated rings. The van der Waals surface area contributed by atoms with E-state index in [0.29, 0.717) is 34.3 Å². The lowest BCUT2D eigenvalue weighted by atomic mass is 9.92. The molecule has 0 saturated carbocycles. The maximum atomic E-state index is 13.3. The van der Waals surface area contributed by atoms with Gasteiger partial charge in [0.25, 0.3) is 11.5 Å². The molecule has 0 radical (unpaired) electrons. The van der Waals surface area contributed by atoms with E-state index >= 15 is 0 Å². The van der Waals surface area contributed by atoms with E-state index in [1.807, 2.05) is 61.5 Å². The van der Waals surface area contributed by atoms with Crippen molar-refractivity contribution in [2.75, 3.05) is 0 Å². The number of primary amides is 1. The summed E-state index contributed by atoms with van der Waals surface area (Å²) in [4.78, 5) is 30.1. The van der Waals surface area contributed by atoms with Gasteiger partial charge in [0.1, 0.15) is 12.0 Å². The Kier molecular flexibility index (Phi) is 5.25. The Bertz CT molecular complexity index is 1850. The number of aliphatic hydroxyl groups is 1. The molecule has 2 heterocycles. The van der Waals surface area contributed by atoms with E-state index in [0.717, 1.165) is 33.4 Å². The first-order chi connectivity index (χ1) is 18.1. The topological polar surface area (TPSA) is 124 Å². The zero-order valence-electron chi connectivity index (χ0n) is 21.2. The Morgan fingerprint density at radius 3 is 2.58 bits per heavy atom. The van der Waals surface area contributed by atoms with Gasteiger partial charge in [-0.05, 0) is 66.8 Å². The maximum absolute atomic E-state index is 13.3. The number of rotatable bonds is 4. The highest BCUT2D eigenvalue weighted by Gasteiger charge is 2.31. The van der Waals surface area contributed by atoms with Crippen molar-refractivity contribution < 1.29 is 9.90 Å². The van der Waals surface area contributed by atoms with Gasteiger partial charge in [0.15, 0.2) is 5.69 Å². The SMILES string of the molecule is Cc1c(-c2nnc(C(N)=O)c3c2-c2ccc(C(C)(C)O)cc2C3)cccc1-n1cnc2ccccc2c1=O. The molecule has 0 saturated heterocycles. The summed E-state index contributed by atoms with van der Waals surface area (Å²) in [5.74, 6) is -0.643. The van der Waals surface area contributed by atoms with Gasteiger partial charge in [0.05, 0.1) is 22.2 Å². The van der Waals surface area contributed by atoms with Crippen molar-refractivity contribution in [1.82, 2.24) is 19.7 Å². The average Bonchev–Trinajstić information content (AvgIpc) is 3.27. The predicted molar refractivity (Wildman–Crippen MR) is 145 cm³/mol. The highest BCUT2D eigenvalue weighted by molar-refractivity contribution is 5.99. The average molecular weight is 504 g/mol. The van der Waals surface area contributed by atoms with Crippen molar-refractivity contribution in [2.24, 2.45) is 5.73 Å². The van der Waals surface area contributed by atoms with Gasteiger partial charge in [-0.1, -0.05) is 42.5 Å². The molecular formula is C30H25N5O3. The minimum atomic E-state index is -1.01. The summed E-state index contributed by atoms with van der Waals surface area (Å²) in [7, 11) is 0. The summed E-state index contributed by atoms with van der Waals surface area (Å²) in [5.41, 5.74) is 12.3. The maximum Gasteiger partial charge on any atom is 0.269 e. The Labute approximate surface area is 218 Å². The highest BCUT2D eigenvalue weighted by Crippen LogP contribution is 2.44. The molecule has 3 aromatic carbocycles. The number of fused-ring (bicyclic) bond motifs is 4.